The molecule has 1 aliphatic heterocycles. The van der Waals surface area contributed by atoms with E-state index in [2.05, 4.69) is 5.32 Å². The summed E-state index contributed by atoms with van der Waals surface area (Å²) in [6.07, 6.45) is 3.92. The van der Waals surface area contributed by atoms with Crippen molar-refractivity contribution in [1.29, 1.82) is 0 Å². The van der Waals surface area contributed by atoms with Gasteiger partial charge in [-0.15, -0.1) is 0 Å². The molecule has 1 heterocycles. The molecule has 3 heteroatoms. The van der Waals surface area contributed by atoms with Crippen LogP contribution in [-0.4, -0.2) is 18.7 Å². The van der Waals surface area contributed by atoms with E-state index in [1.54, 1.807) is 0 Å². The number of ether oxygens (including phenoxy) is 1. The van der Waals surface area contributed by atoms with Crippen LogP contribution in [0.4, 0.5) is 0 Å². The Bertz CT molecular complexity index is 376. The zero-order valence-corrected chi connectivity index (χ0v) is 9.26. The first-order valence-corrected chi connectivity index (χ1v) is 5.87. The number of fused-ring (bicyclic) bond motifs is 1. The van der Waals surface area contributed by atoms with E-state index in [0.717, 1.165) is 29.8 Å². The number of hydrogen-bond acceptors (Lipinski definition) is 2. The maximum atomic E-state index is 5.94. The van der Waals surface area contributed by atoms with Crippen LogP contribution in [0.2, 0.25) is 5.02 Å². The molecule has 1 N–H and O–H groups in total. The average Bonchev–Trinajstić information content (AvgIpc) is 2.95. The molecule has 1 saturated carbocycles. The molecule has 0 bridgehead atoms. The minimum Gasteiger partial charge on any atom is -0.488 e. The molecule has 0 saturated heterocycles. The van der Waals surface area contributed by atoms with E-state index in [-0.39, 0.29) is 0 Å². The zero-order chi connectivity index (χ0) is 10.3. The molecule has 1 unspecified atom stereocenters. The van der Waals surface area contributed by atoms with Crippen molar-refractivity contribution in [2.45, 2.75) is 31.4 Å². The second-order valence-corrected chi connectivity index (χ2v) is 4.81. The molecular formula is C12H14ClNO. The maximum Gasteiger partial charge on any atom is 0.123 e. The van der Waals surface area contributed by atoms with Gasteiger partial charge in [0.15, 0.2) is 0 Å². The van der Waals surface area contributed by atoms with Gasteiger partial charge >= 0.3 is 0 Å². The summed E-state index contributed by atoms with van der Waals surface area (Å²) in [6, 6.07) is 6.61. The van der Waals surface area contributed by atoms with Gasteiger partial charge in [-0.2, -0.15) is 0 Å². The predicted molar refractivity (Wildman–Crippen MR) is 60.6 cm³/mol. The quantitative estimate of drug-likeness (QED) is 0.850. The number of halogens is 1. The molecule has 0 amide bonds. The van der Waals surface area contributed by atoms with E-state index in [1.807, 2.05) is 18.2 Å². The highest BCUT2D eigenvalue weighted by atomic mass is 35.5. The third-order valence-corrected chi connectivity index (χ3v) is 3.21. The first kappa shape index (κ1) is 9.49. The van der Waals surface area contributed by atoms with Crippen LogP contribution in [0.3, 0.4) is 0 Å². The molecule has 2 nitrogen and oxygen atoms in total. The number of hydrogen-bond donors (Lipinski definition) is 1. The van der Waals surface area contributed by atoms with Gasteiger partial charge in [-0.1, -0.05) is 11.6 Å². The van der Waals surface area contributed by atoms with E-state index in [1.165, 1.54) is 18.4 Å². The lowest BCUT2D eigenvalue weighted by Gasteiger charge is -2.10. The Morgan fingerprint density at radius 3 is 3.07 bits per heavy atom. The minimum atomic E-state index is 0.291. The molecule has 80 valence electrons. The number of benzene rings is 1. The van der Waals surface area contributed by atoms with Gasteiger partial charge < -0.3 is 10.1 Å². The smallest absolute Gasteiger partial charge is 0.123 e. The fourth-order valence-corrected chi connectivity index (χ4v) is 2.18. The van der Waals surface area contributed by atoms with Crippen molar-refractivity contribution < 1.29 is 4.74 Å². The van der Waals surface area contributed by atoms with E-state index in [9.17, 15) is 0 Å². The highest BCUT2D eigenvalue weighted by molar-refractivity contribution is 6.30. The molecule has 1 fully saturated rings. The van der Waals surface area contributed by atoms with Crippen LogP contribution in [0.15, 0.2) is 18.2 Å². The molecule has 1 aromatic rings. The van der Waals surface area contributed by atoms with Crippen LogP contribution in [0.25, 0.3) is 0 Å². The third-order valence-electron chi connectivity index (χ3n) is 2.98. The number of nitrogens with one attached hydrogen (secondary N) is 1. The van der Waals surface area contributed by atoms with Gasteiger partial charge in [0.2, 0.25) is 0 Å². The summed E-state index contributed by atoms with van der Waals surface area (Å²) in [5, 5.41) is 4.29. The number of rotatable bonds is 3. The first-order chi connectivity index (χ1) is 7.31. The van der Waals surface area contributed by atoms with Gasteiger partial charge in [-0.25, -0.2) is 0 Å². The predicted octanol–water partition coefficient (Wildman–Crippen LogP) is 2.40. The van der Waals surface area contributed by atoms with Crippen LogP contribution >= 0.6 is 11.6 Å². The molecule has 15 heavy (non-hydrogen) atoms. The fourth-order valence-electron chi connectivity index (χ4n) is 1.99. The first-order valence-electron chi connectivity index (χ1n) is 5.50. The molecule has 0 spiro atoms. The Morgan fingerprint density at radius 2 is 2.27 bits per heavy atom. The molecule has 0 radical (unpaired) electrons. The van der Waals surface area contributed by atoms with Crippen LogP contribution in [-0.2, 0) is 6.42 Å². The SMILES string of the molecule is Clc1ccc2c(c1)CC(CNC1CC1)O2. The third kappa shape index (κ3) is 2.11. The highest BCUT2D eigenvalue weighted by Gasteiger charge is 2.26. The Kier molecular flexibility index (Phi) is 2.33. The largest absolute Gasteiger partial charge is 0.488 e. The lowest BCUT2D eigenvalue weighted by atomic mass is 10.1. The highest BCUT2D eigenvalue weighted by Crippen LogP contribution is 2.31. The summed E-state index contributed by atoms with van der Waals surface area (Å²) < 4.78 is 5.82. The molecule has 0 aromatic heterocycles. The minimum absolute atomic E-state index is 0.291. The van der Waals surface area contributed by atoms with E-state index >= 15 is 0 Å². The lowest BCUT2D eigenvalue weighted by molar-refractivity contribution is 0.227. The van der Waals surface area contributed by atoms with E-state index in [4.69, 9.17) is 16.3 Å². The van der Waals surface area contributed by atoms with Crippen molar-refractivity contribution in [1.82, 2.24) is 5.32 Å². The standard InChI is InChI=1S/C12H14ClNO/c13-9-1-4-12-8(5-9)6-11(15-12)7-14-10-2-3-10/h1,4-5,10-11,14H,2-3,6-7H2. The van der Waals surface area contributed by atoms with Crippen molar-refractivity contribution in [3.8, 4) is 5.75 Å². The van der Waals surface area contributed by atoms with Crippen molar-refractivity contribution in [3.05, 3.63) is 28.8 Å². The molecular weight excluding hydrogens is 210 g/mol. The Hall–Kier alpha value is -0.730. The van der Waals surface area contributed by atoms with Crippen molar-refractivity contribution in [3.63, 3.8) is 0 Å². The van der Waals surface area contributed by atoms with Gasteiger partial charge in [0.25, 0.3) is 0 Å². The van der Waals surface area contributed by atoms with Crippen LogP contribution in [0.5, 0.6) is 5.75 Å². The van der Waals surface area contributed by atoms with Crippen LogP contribution in [0, 0.1) is 0 Å². The summed E-state index contributed by atoms with van der Waals surface area (Å²) in [4.78, 5) is 0. The summed E-state index contributed by atoms with van der Waals surface area (Å²) in [6.45, 7) is 0.955. The maximum absolute atomic E-state index is 5.94. The second kappa shape index (κ2) is 3.69. The zero-order valence-electron chi connectivity index (χ0n) is 8.50. The Morgan fingerprint density at radius 1 is 1.40 bits per heavy atom. The van der Waals surface area contributed by atoms with Gasteiger partial charge in [0.05, 0.1) is 0 Å². The van der Waals surface area contributed by atoms with Crippen molar-refractivity contribution in [2.75, 3.05) is 6.54 Å². The van der Waals surface area contributed by atoms with Crippen LogP contribution < -0.4 is 10.1 Å². The fraction of sp³-hybridized carbons (Fsp3) is 0.500. The van der Waals surface area contributed by atoms with Crippen molar-refractivity contribution in [2.24, 2.45) is 0 Å². The molecule has 2 aliphatic rings. The second-order valence-electron chi connectivity index (χ2n) is 4.38. The lowest BCUT2D eigenvalue weighted by Crippen LogP contribution is -2.31. The van der Waals surface area contributed by atoms with E-state index in [0.29, 0.717) is 6.10 Å². The molecule has 1 aliphatic carbocycles. The average molecular weight is 224 g/mol. The summed E-state index contributed by atoms with van der Waals surface area (Å²) >= 11 is 5.94. The molecule has 3 rings (SSSR count). The van der Waals surface area contributed by atoms with Crippen molar-refractivity contribution >= 4 is 11.6 Å². The molecule has 1 aromatic carbocycles. The summed E-state index contributed by atoms with van der Waals surface area (Å²) in [7, 11) is 0. The summed E-state index contributed by atoms with van der Waals surface area (Å²) in [5.74, 6) is 1.00. The van der Waals surface area contributed by atoms with E-state index < -0.39 is 0 Å². The normalized spacial score (nSPS) is 23.7. The van der Waals surface area contributed by atoms with Gasteiger partial charge in [0, 0.05) is 24.0 Å². The van der Waals surface area contributed by atoms with Gasteiger partial charge in [0.1, 0.15) is 11.9 Å². The Labute approximate surface area is 94.6 Å². The Balaban J connectivity index is 1.63. The van der Waals surface area contributed by atoms with Crippen LogP contribution in [0.1, 0.15) is 18.4 Å². The monoisotopic (exact) mass is 223 g/mol. The van der Waals surface area contributed by atoms with Gasteiger partial charge in [-0.05, 0) is 36.6 Å². The molecule has 1 atom stereocenters. The topological polar surface area (TPSA) is 21.3 Å². The van der Waals surface area contributed by atoms with Gasteiger partial charge in [-0.3, -0.25) is 0 Å². The summed E-state index contributed by atoms with van der Waals surface area (Å²) in [5.41, 5.74) is 1.24.